The first-order valence-electron chi connectivity index (χ1n) is 9.69. The predicted molar refractivity (Wildman–Crippen MR) is 103 cm³/mol. The van der Waals surface area contributed by atoms with Gasteiger partial charge >= 0.3 is 0 Å². The molecule has 1 spiro atoms. The van der Waals surface area contributed by atoms with Crippen molar-refractivity contribution in [1.82, 2.24) is 23.7 Å². The molecule has 0 bridgehead atoms. The van der Waals surface area contributed by atoms with Crippen molar-refractivity contribution in [2.45, 2.75) is 43.0 Å². The highest BCUT2D eigenvalue weighted by atomic mass is 32.2. The molecule has 0 atom stereocenters. The van der Waals surface area contributed by atoms with Crippen LogP contribution >= 0.6 is 0 Å². The molecule has 0 amide bonds. The van der Waals surface area contributed by atoms with Crippen LogP contribution < -0.4 is 0 Å². The fraction of sp³-hybridized carbons (Fsp3) is 0.579. The molecule has 0 unspecified atom stereocenters. The molecule has 144 valence electrons. The fourth-order valence-electron chi connectivity index (χ4n) is 4.65. The van der Waals surface area contributed by atoms with E-state index in [1.165, 1.54) is 0 Å². The third kappa shape index (κ3) is 2.65. The Morgan fingerprint density at radius 1 is 1.11 bits per heavy atom. The highest BCUT2D eigenvalue weighted by Gasteiger charge is 2.49. The van der Waals surface area contributed by atoms with Crippen LogP contribution in [-0.4, -0.2) is 64.1 Å². The minimum atomic E-state index is -3.10. The number of rotatable bonds is 3. The van der Waals surface area contributed by atoms with Crippen LogP contribution in [0.25, 0.3) is 11.3 Å². The van der Waals surface area contributed by atoms with Crippen molar-refractivity contribution in [2.24, 2.45) is 0 Å². The van der Waals surface area contributed by atoms with Crippen LogP contribution in [0.1, 0.15) is 31.5 Å². The minimum absolute atomic E-state index is 0.130. The lowest BCUT2D eigenvalue weighted by molar-refractivity contribution is 0.0274. The molecule has 1 aliphatic carbocycles. The first-order chi connectivity index (χ1) is 13.0. The van der Waals surface area contributed by atoms with E-state index in [-0.39, 0.29) is 10.8 Å². The van der Waals surface area contributed by atoms with Gasteiger partial charge < -0.3 is 4.57 Å². The predicted octanol–water partition coefficient (Wildman–Crippen LogP) is 1.67. The molecule has 8 heteroatoms. The minimum Gasteiger partial charge on any atom is -0.325 e. The van der Waals surface area contributed by atoms with Gasteiger partial charge in [-0.05, 0) is 44.9 Å². The average Bonchev–Trinajstić information content (AvgIpc) is 3.46. The standard InChI is InChI=1S/C19H25N5O2S/c1-22-11-12-24-17(15-3-2-8-20-13-15)14-21-18(24)19(22)6-9-23(10-7-19)27(25,26)16-4-5-16/h2-3,8,13-14,16H,4-7,9-12H2,1H3. The molecule has 1 saturated carbocycles. The van der Waals surface area contributed by atoms with Crippen molar-refractivity contribution in [1.29, 1.82) is 0 Å². The molecule has 0 aromatic carbocycles. The summed E-state index contributed by atoms with van der Waals surface area (Å²) in [6, 6.07) is 4.01. The summed E-state index contributed by atoms with van der Waals surface area (Å²) in [4.78, 5) is 11.4. The first kappa shape index (κ1) is 17.3. The van der Waals surface area contributed by atoms with E-state index in [2.05, 4.69) is 27.6 Å². The summed E-state index contributed by atoms with van der Waals surface area (Å²) < 4.78 is 29.3. The average molecular weight is 388 g/mol. The topological polar surface area (TPSA) is 71.3 Å². The lowest BCUT2D eigenvalue weighted by atomic mass is 9.84. The van der Waals surface area contributed by atoms with E-state index in [0.717, 1.165) is 55.9 Å². The molecule has 4 heterocycles. The number of fused-ring (bicyclic) bond motifs is 2. The Balaban J connectivity index is 1.47. The van der Waals surface area contributed by atoms with Gasteiger partial charge in [-0.15, -0.1) is 0 Å². The molecule has 27 heavy (non-hydrogen) atoms. The van der Waals surface area contributed by atoms with E-state index in [4.69, 9.17) is 4.98 Å². The Bertz CT molecular complexity index is 944. The van der Waals surface area contributed by atoms with E-state index in [1.807, 2.05) is 18.5 Å². The van der Waals surface area contributed by atoms with E-state index < -0.39 is 10.0 Å². The molecule has 5 rings (SSSR count). The molecule has 2 aromatic rings. The molecular weight excluding hydrogens is 362 g/mol. The molecule has 3 aliphatic rings. The van der Waals surface area contributed by atoms with Crippen LogP contribution in [0.4, 0.5) is 0 Å². The normalized spacial score (nSPS) is 23.4. The molecule has 2 aromatic heterocycles. The zero-order chi connectivity index (χ0) is 18.6. The van der Waals surface area contributed by atoms with E-state index in [1.54, 1.807) is 10.5 Å². The third-order valence-electron chi connectivity index (χ3n) is 6.47. The lowest BCUT2D eigenvalue weighted by Gasteiger charge is -2.49. The van der Waals surface area contributed by atoms with Crippen molar-refractivity contribution in [3.8, 4) is 11.3 Å². The van der Waals surface area contributed by atoms with Crippen LogP contribution in [0.15, 0.2) is 30.7 Å². The Morgan fingerprint density at radius 2 is 1.89 bits per heavy atom. The SMILES string of the molecule is CN1CCn2c(-c3cccnc3)cnc2C12CCN(S(=O)(=O)C1CC1)CC2. The number of hydrogen-bond donors (Lipinski definition) is 0. The largest absolute Gasteiger partial charge is 0.325 e. The quantitative estimate of drug-likeness (QED) is 0.801. The second-order valence-corrected chi connectivity index (χ2v) is 10.2. The summed E-state index contributed by atoms with van der Waals surface area (Å²) >= 11 is 0. The van der Waals surface area contributed by atoms with Crippen LogP contribution in [0.3, 0.4) is 0 Å². The van der Waals surface area contributed by atoms with Crippen molar-refractivity contribution in [3.63, 3.8) is 0 Å². The number of hydrogen-bond acceptors (Lipinski definition) is 5. The number of pyridine rings is 1. The van der Waals surface area contributed by atoms with Gasteiger partial charge in [-0.2, -0.15) is 0 Å². The van der Waals surface area contributed by atoms with E-state index in [0.29, 0.717) is 13.1 Å². The maximum atomic E-state index is 12.6. The van der Waals surface area contributed by atoms with Gasteiger partial charge in [0.2, 0.25) is 10.0 Å². The maximum Gasteiger partial charge on any atom is 0.216 e. The zero-order valence-corrected chi connectivity index (χ0v) is 16.4. The summed E-state index contributed by atoms with van der Waals surface area (Å²) in [5.74, 6) is 1.07. The fourth-order valence-corrected chi connectivity index (χ4v) is 6.49. The van der Waals surface area contributed by atoms with Gasteiger partial charge in [0, 0.05) is 44.1 Å². The second-order valence-electron chi connectivity index (χ2n) is 7.96. The molecule has 0 N–H and O–H groups in total. The van der Waals surface area contributed by atoms with Crippen LogP contribution in [-0.2, 0) is 22.1 Å². The summed E-state index contributed by atoms with van der Waals surface area (Å²) in [7, 11) is -0.952. The van der Waals surface area contributed by atoms with Gasteiger partial charge in [0.1, 0.15) is 5.82 Å². The summed E-state index contributed by atoms with van der Waals surface area (Å²) in [6.45, 7) is 2.99. The summed E-state index contributed by atoms with van der Waals surface area (Å²) in [5, 5.41) is -0.130. The van der Waals surface area contributed by atoms with Crippen molar-refractivity contribution in [3.05, 3.63) is 36.5 Å². The van der Waals surface area contributed by atoms with Crippen molar-refractivity contribution in [2.75, 3.05) is 26.7 Å². The Labute approximate surface area is 160 Å². The van der Waals surface area contributed by atoms with Gasteiger partial charge in [0.25, 0.3) is 0 Å². The number of likely N-dealkylation sites (N-methyl/N-ethyl adjacent to an activating group) is 1. The van der Waals surface area contributed by atoms with Crippen LogP contribution in [0, 0.1) is 0 Å². The molecule has 7 nitrogen and oxygen atoms in total. The second kappa shape index (κ2) is 6.12. The smallest absolute Gasteiger partial charge is 0.216 e. The number of imidazole rings is 1. The van der Waals surface area contributed by atoms with Gasteiger partial charge in [0.15, 0.2) is 0 Å². The van der Waals surface area contributed by atoms with Crippen molar-refractivity contribution >= 4 is 10.0 Å². The molecule has 1 saturated heterocycles. The van der Waals surface area contributed by atoms with Crippen molar-refractivity contribution < 1.29 is 8.42 Å². The molecule has 2 fully saturated rings. The van der Waals surface area contributed by atoms with Crippen LogP contribution in [0.5, 0.6) is 0 Å². The number of sulfonamides is 1. The lowest BCUT2D eigenvalue weighted by Crippen LogP contribution is -2.57. The maximum absolute atomic E-state index is 12.6. The highest BCUT2D eigenvalue weighted by Crippen LogP contribution is 2.43. The Hall–Kier alpha value is -1.77. The molecular formula is C19H25N5O2S. The number of aromatic nitrogens is 3. The molecule has 2 aliphatic heterocycles. The summed E-state index contributed by atoms with van der Waals surface area (Å²) in [6.07, 6.45) is 8.83. The summed E-state index contributed by atoms with van der Waals surface area (Å²) in [5.41, 5.74) is 1.98. The first-order valence-corrected chi connectivity index (χ1v) is 11.2. The third-order valence-corrected chi connectivity index (χ3v) is 8.87. The number of piperidine rings is 1. The van der Waals surface area contributed by atoms with E-state index >= 15 is 0 Å². The number of nitrogens with zero attached hydrogens (tertiary/aromatic N) is 5. The van der Waals surface area contributed by atoms with Gasteiger partial charge in [0.05, 0.1) is 22.7 Å². The zero-order valence-electron chi connectivity index (χ0n) is 15.6. The Kier molecular flexibility index (Phi) is 3.93. The van der Waals surface area contributed by atoms with Gasteiger partial charge in [-0.25, -0.2) is 17.7 Å². The van der Waals surface area contributed by atoms with Gasteiger partial charge in [-0.3, -0.25) is 9.88 Å². The molecule has 0 radical (unpaired) electrons. The Morgan fingerprint density at radius 3 is 2.56 bits per heavy atom. The van der Waals surface area contributed by atoms with Crippen LogP contribution in [0.2, 0.25) is 0 Å². The highest BCUT2D eigenvalue weighted by molar-refractivity contribution is 7.90. The van der Waals surface area contributed by atoms with E-state index in [9.17, 15) is 8.42 Å². The van der Waals surface area contributed by atoms with Gasteiger partial charge in [-0.1, -0.05) is 0 Å². The monoisotopic (exact) mass is 387 g/mol.